The highest BCUT2D eigenvalue weighted by Crippen LogP contribution is 2.47. The minimum atomic E-state index is -3.91. The summed E-state index contributed by atoms with van der Waals surface area (Å²) in [6.45, 7) is 0.818. The number of esters is 1. The molecule has 0 spiro atoms. The van der Waals surface area contributed by atoms with Crippen LogP contribution in [0.4, 0.5) is 13.2 Å². The van der Waals surface area contributed by atoms with E-state index in [0.29, 0.717) is 39.4 Å². The maximum absolute atomic E-state index is 13.9. The average Bonchev–Trinajstić information content (AvgIpc) is 3.25. The number of hydrogen-bond donors (Lipinski definition) is 2. The molecule has 194 valence electrons. The minimum absolute atomic E-state index is 0.0315. The number of nitrogens with one attached hydrogen (secondary N) is 1. The van der Waals surface area contributed by atoms with E-state index in [1.807, 2.05) is 0 Å². The van der Waals surface area contributed by atoms with Gasteiger partial charge in [0.15, 0.2) is 12.3 Å². The molecule has 2 unspecified atom stereocenters. The van der Waals surface area contributed by atoms with Crippen molar-refractivity contribution in [1.82, 2.24) is 14.9 Å². The molecule has 3 aromatic rings. The zero-order valence-corrected chi connectivity index (χ0v) is 19.8. The Morgan fingerprint density at radius 2 is 2.11 bits per heavy atom. The van der Waals surface area contributed by atoms with E-state index in [2.05, 4.69) is 0 Å². The third-order valence-corrected chi connectivity index (χ3v) is 7.21. The maximum atomic E-state index is 13.9. The Morgan fingerprint density at radius 1 is 1.32 bits per heavy atom. The predicted molar refractivity (Wildman–Crippen MR) is 123 cm³/mol. The van der Waals surface area contributed by atoms with E-state index in [9.17, 15) is 27.9 Å². The predicted octanol–water partition coefficient (Wildman–Crippen LogP) is 2.89. The molecule has 0 saturated heterocycles. The number of halogens is 3. The van der Waals surface area contributed by atoms with Gasteiger partial charge in [-0.2, -0.15) is 8.78 Å². The number of nitrogens with zero attached hydrogens (tertiary/aromatic N) is 2. The molecule has 12 heteroatoms. The van der Waals surface area contributed by atoms with Gasteiger partial charge in [-0.25, -0.2) is 19.5 Å². The van der Waals surface area contributed by atoms with Gasteiger partial charge in [0.1, 0.15) is 17.6 Å². The molecule has 3 atom stereocenters. The lowest BCUT2D eigenvalue weighted by Crippen LogP contribution is -2.53. The highest BCUT2D eigenvalue weighted by Gasteiger charge is 2.51. The average molecular weight is 517 g/mol. The Hall–Kier alpha value is -3.64. The van der Waals surface area contributed by atoms with Crippen molar-refractivity contribution < 1.29 is 37.3 Å². The van der Waals surface area contributed by atoms with E-state index in [4.69, 9.17) is 19.2 Å². The Bertz CT molecular complexity index is 1540. The van der Waals surface area contributed by atoms with E-state index in [-0.39, 0.29) is 30.9 Å². The molecule has 37 heavy (non-hydrogen) atoms. The number of pyridine rings is 2. The minimum Gasteiger partial charge on any atom is -0.457 e. The summed E-state index contributed by atoms with van der Waals surface area (Å²) in [7, 11) is 0. The number of fused-ring (bicyclic) bond motifs is 5. The molecule has 1 aromatic carbocycles. The van der Waals surface area contributed by atoms with Crippen molar-refractivity contribution in [3.63, 3.8) is 0 Å². The van der Waals surface area contributed by atoms with Gasteiger partial charge in [-0.15, -0.1) is 0 Å². The molecule has 0 radical (unpaired) electrons. The fourth-order valence-electron chi connectivity index (χ4n) is 5.38. The number of carbonyl (C=O) groups is 1. The lowest BCUT2D eigenvalue weighted by molar-refractivity contribution is -0.182. The molecule has 0 aliphatic carbocycles. The van der Waals surface area contributed by atoms with Gasteiger partial charge in [0.2, 0.25) is 6.79 Å². The van der Waals surface area contributed by atoms with Crippen molar-refractivity contribution >= 4 is 16.9 Å². The number of ether oxygens (including phenoxy) is 3. The van der Waals surface area contributed by atoms with Crippen molar-refractivity contribution in [2.24, 2.45) is 0 Å². The SMILES string of the molecule is CC[C@@]1(O)C(=O)OC(C(C)NC(F)(F)CF)c2c1cc1n(c2=O)Cc2c-1nc1cccc3c1c2OCO3. The van der Waals surface area contributed by atoms with Crippen molar-refractivity contribution in [2.75, 3.05) is 13.5 Å². The standard InChI is InChI=1S/C25H22F3N3O6/c1-3-24(34)13-7-15-19-12(21-18-14(29-19)5-4-6-16(18)35-10-36-21)8-31(15)22(32)17(13)20(37-23(24)33)11(2)30-25(27,28)9-26/h4-7,11,20,30,34H,3,8-10H2,1-2H3/t11?,20?,24-/m0/s1. The summed E-state index contributed by atoms with van der Waals surface area (Å²) in [5.74, 6) is 0.0129. The molecule has 0 amide bonds. The number of hydrogen-bond acceptors (Lipinski definition) is 8. The maximum Gasteiger partial charge on any atom is 0.343 e. The highest BCUT2D eigenvalue weighted by molar-refractivity contribution is 5.96. The van der Waals surface area contributed by atoms with Crippen LogP contribution in [0.15, 0.2) is 29.1 Å². The van der Waals surface area contributed by atoms with Crippen LogP contribution in [-0.4, -0.2) is 46.2 Å². The topological polar surface area (TPSA) is 112 Å². The number of benzene rings is 1. The number of rotatable bonds is 5. The van der Waals surface area contributed by atoms with Crippen molar-refractivity contribution in [1.29, 1.82) is 0 Å². The molecule has 3 aliphatic rings. The van der Waals surface area contributed by atoms with Gasteiger partial charge in [0, 0.05) is 11.1 Å². The zero-order chi connectivity index (χ0) is 26.3. The van der Waals surface area contributed by atoms with Crippen molar-refractivity contribution in [3.8, 4) is 22.9 Å². The molecular formula is C25H22F3N3O6. The second-order valence-electron chi connectivity index (χ2n) is 9.38. The largest absolute Gasteiger partial charge is 0.457 e. The Labute approximate surface area is 207 Å². The number of carbonyl (C=O) groups excluding carboxylic acids is 1. The van der Waals surface area contributed by atoms with Gasteiger partial charge >= 0.3 is 12.0 Å². The van der Waals surface area contributed by atoms with Crippen molar-refractivity contribution in [3.05, 3.63) is 51.3 Å². The lowest BCUT2D eigenvalue weighted by atomic mass is 9.82. The van der Waals surface area contributed by atoms with Gasteiger partial charge in [0.05, 0.1) is 40.4 Å². The molecular weight excluding hydrogens is 495 g/mol. The third kappa shape index (κ3) is 3.28. The first kappa shape index (κ1) is 23.7. The number of alkyl halides is 3. The molecule has 2 aromatic heterocycles. The number of aliphatic hydroxyl groups is 1. The molecule has 0 fully saturated rings. The Kier molecular flexibility index (Phi) is 5.09. The molecule has 2 N–H and O–H groups in total. The lowest BCUT2D eigenvalue weighted by Gasteiger charge is -2.39. The van der Waals surface area contributed by atoms with Crippen LogP contribution in [0, 0.1) is 0 Å². The molecule has 5 heterocycles. The van der Waals surface area contributed by atoms with E-state index < -0.39 is 42.0 Å². The molecule has 0 bridgehead atoms. The van der Waals surface area contributed by atoms with Crippen LogP contribution in [0.2, 0.25) is 0 Å². The van der Waals surface area contributed by atoms with E-state index in [1.54, 1.807) is 23.5 Å². The summed E-state index contributed by atoms with van der Waals surface area (Å²) in [6.07, 6.45) is -1.63. The van der Waals surface area contributed by atoms with Crippen LogP contribution in [-0.2, 0) is 21.7 Å². The van der Waals surface area contributed by atoms with E-state index in [0.717, 1.165) is 0 Å². The first-order valence-electron chi connectivity index (χ1n) is 11.7. The van der Waals surface area contributed by atoms with Crippen LogP contribution >= 0.6 is 0 Å². The summed E-state index contributed by atoms with van der Waals surface area (Å²) in [6, 6.07) is 1.56. The van der Waals surface area contributed by atoms with E-state index >= 15 is 0 Å². The monoisotopic (exact) mass is 517 g/mol. The Balaban J connectivity index is 1.58. The van der Waals surface area contributed by atoms with Gasteiger partial charge in [-0.1, -0.05) is 13.0 Å². The fraction of sp³-hybridized carbons (Fsp3) is 0.400. The van der Waals surface area contributed by atoms with Gasteiger partial charge in [-0.05, 0) is 31.5 Å². The van der Waals surface area contributed by atoms with Crippen LogP contribution in [0.1, 0.15) is 43.1 Å². The molecule has 6 rings (SSSR count). The first-order valence-corrected chi connectivity index (χ1v) is 11.7. The summed E-state index contributed by atoms with van der Waals surface area (Å²) >= 11 is 0. The second kappa shape index (κ2) is 7.93. The van der Waals surface area contributed by atoms with Crippen molar-refractivity contribution in [2.45, 2.75) is 50.6 Å². The summed E-state index contributed by atoms with van der Waals surface area (Å²) in [5, 5.41) is 13.7. The number of aromatic nitrogens is 2. The Morgan fingerprint density at radius 3 is 2.84 bits per heavy atom. The normalized spacial score (nSPS) is 22.4. The molecule has 9 nitrogen and oxygen atoms in total. The van der Waals surface area contributed by atoms with E-state index in [1.165, 1.54) is 24.5 Å². The smallest absolute Gasteiger partial charge is 0.343 e. The van der Waals surface area contributed by atoms with Crippen LogP contribution in [0.5, 0.6) is 11.5 Å². The number of cyclic esters (lactones) is 1. The summed E-state index contributed by atoms with van der Waals surface area (Å²) in [5.41, 5.74) is -1.08. The summed E-state index contributed by atoms with van der Waals surface area (Å²) < 4.78 is 58.6. The zero-order valence-electron chi connectivity index (χ0n) is 19.8. The van der Waals surface area contributed by atoms with Crippen LogP contribution < -0.4 is 20.3 Å². The first-order chi connectivity index (χ1) is 17.6. The van der Waals surface area contributed by atoms with Crippen LogP contribution in [0.3, 0.4) is 0 Å². The fourth-order valence-corrected chi connectivity index (χ4v) is 5.38. The molecule has 0 saturated carbocycles. The summed E-state index contributed by atoms with van der Waals surface area (Å²) in [4.78, 5) is 31.5. The quantitative estimate of drug-likeness (QED) is 0.307. The highest BCUT2D eigenvalue weighted by atomic mass is 19.3. The van der Waals surface area contributed by atoms with Gasteiger partial charge in [0.25, 0.3) is 5.56 Å². The van der Waals surface area contributed by atoms with Gasteiger partial charge in [-0.3, -0.25) is 4.79 Å². The third-order valence-electron chi connectivity index (χ3n) is 7.21. The second-order valence-corrected chi connectivity index (χ2v) is 9.38. The van der Waals surface area contributed by atoms with Crippen LogP contribution in [0.25, 0.3) is 22.3 Å². The molecule has 3 aliphatic heterocycles. The van der Waals surface area contributed by atoms with Gasteiger partial charge < -0.3 is 23.9 Å².